The average molecular weight is 225 g/mol. The molecule has 1 aliphatic carbocycles. The Morgan fingerprint density at radius 3 is 2.94 bits per heavy atom. The van der Waals surface area contributed by atoms with Crippen molar-refractivity contribution in [1.82, 2.24) is 4.98 Å². The van der Waals surface area contributed by atoms with Crippen LogP contribution in [0.3, 0.4) is 0 Å². The molecular formula is C15H15NO. The number of rotatable bonds is 1. The highest BCUT2D eigenvalue weighted by atomic mass is 16.5. The molecule has 17 heavy (non-hydrogen) atoms. The number of aryl methyl sites for hydroxylation is 1. The fourth-order valence-corrected chi connectivity index (χ4v) is 2.46. The van der Waals surface area contributed by atoms with Gasteiger partial charge in [0.1, 0.15) is 5.75 Å². The van der Waals surface area contributed by atoms with Gasteiger partial charge in [-0.1, -0.05) is 24.3 Å². The SMILES string of the molecule is COc1cc2[nH]c(C)cc2c2c1C=CC=CC2. The van der Waals surface area contributed by atoms with Crippen molar-refractivity contribution in [3.05, 3.63) is 47.2 Å². The van der Waals surface area contributed by atoms with Crippen molar-refractivity contribution in [2.45, 2.75) is 13.3 Å². The van der Waals surface area contributed by atoms with Crippen molar-refractivity contribution in [3.8, 4) is 5.75 Å². The summed E-state index contributed by atoms with van der Waals surface area (Å²) in [5.74, 6) is 0.939. The predicted molar refractivity (Wildman–Crippen MR) is 71.5 cm³/mol. The molecule has 0 amide bonds. The Morgan fingerprint density at radius 2 is 2.12 bits per heavy atom. The molecule has 0 atom stereocenters. The summed E-state index contributed by atoms with van der Waals surface area (Å²) in [4.78, 5) is 3.38. The quantitative estimate of drug-likeness (QED) is 0.788. The third kappa shape index (κ3) is 1.57. The molecule has 2 heteroatoms. The summed E-state index contributed by atoms with van der Waals surface area (Å²) in [5.41, 5.74) is 4.88. The van der Waals surface area contributed by atoms with Gasteiger partial charge in [0.25, 0.3) is 0 Å². The molecule has 1 N–H and O–H groups in total. The third-order valence-corrected chi connectivity index (χ3v) is 3.23. The molecule has 2 nitrogen and oxygen atoms in total. The van der Waals surface area contributed by atoms with Gasteiger partial charge in [-0.15, -0.1) is 0 Å². The molecule has 3 rings (SSSR count). The van der Waals surface area contributed by atoms with Crippen LogP contribution in [0.15, 0.2) is 30.4 Å². The number of fused-ring (bicyclic) bond motifs is 3. The first-order chi connectivity index (χ1) is 8.29. The zero-order valence-corrected chi connectivity index (χ0v) is 10.1. The van der Waals surface area contributed by atoms with Crippen LogP contribution in [0.2, 0.25) is 0 Å². The molecule has 0 bridgehead atoms. The second-order valence-electron chi connectivity index (χ2n) is 4.38. The van der Waals surface area contributed by atoms with Crippen molar-refractivity contribution >= 4 is 17.0 Å². The van der Waals surface area contributed by atoms with Crippen LogP contribution < -0.4 is 4.74 Å². The van der Waals surface area contributed by atoms with Crippen LogP contribution in [0, 0.1) is 6.92 Å². The van der Waals surface area contributed by atoms with Gasteiger partial charge in [0.2, 0.25) is 0 Å². The summed E-state index contributed by atoms with van der Waals surface area (Å²) in [6.45, 7) is 2.08. The number of aromatic amines is 1. The van der Waals surface area contributed by atoms with Gasteiger partial charge in [0.05, 0.1) is 7.11 Å². The second kappa shape index (κ2) is 3.81. The number of hydrogen-bond acceptors (Lipinski definition) is 1. The zero-order valence-electron chi connectivity index (χ0n) is 10.1. The summed E-state index contributed by atoms with van der Waals surface area (Å²) in [6.07, 6.45) is 9.42. The monoisotopic (exact) mass is 225 g/mol. The third-order valence-electron chi connectivity index (χ3n) is 3.23. The van der Waals surface area contributed by atoms with Crippen LogP contribution in [0.1, 0.15) is 16.8 Å². The summed E-state index contributed by atoms with van der Waals surface area (Å²) in [6, 6.07) is 4.29. The Morgan fingerprint density at radius 1 is 1.24 bits per heavy atom. The van der Waals surface area contributed by atoms with E-state index >= 15 is 0 Å². The molecule has 1 aromatic heterocycles. The minimum Gasteiger partial charge on any atom is -0.496 e. The molecule has 1 heterocycles. The van der Waals surface area contributed by atoms with E-state index in [1.165, 1.54) is 22.2 Å². The standard InChI is InChI=1S/C15H15NO/c1-10-8-13-11-6-4-3-5-7-12(11)15(17-2)9-14(13)16-10/h3-5,7-9,16H,6H2,1-2H3. The van der Waals surface area contributed by atoms with Crippen LogP contribution in [-0.4, -0.2) is 12.1 Å². The van der Waals surface area contributed by atoms with E-state index in [1.54, 1.807) is 7.11 Å². The van der Waals surface area contributed by atoms with Gasteiger partial charge in [-0.25, -0.2) is 0 Å². The number of nitrogens with one attached hydrogen (secondary N) is 1. The molecule has 0 saturated heterocycles. The smallest absolute Gasteiger partial charge is 0.128 e. The molecule has 0 unspecified atom stereocenters. The maximum Gasteiger partial charge on any atom is 0.128 e. The molecule has 0 saturated carbocycles. The first kappa shape index (κ1) is 10.2. The van der Waals surface area contributed by atoms with Gasteiger partial charge in [-0.3, -0.25) is 0 Å². The number of hydrogen-bond donors (Lipinski definition) is 1. The van der Waals surface area contributed by atoms with Crippen molar-refractivity contribution in [2.75, 3.05) is 7.11 Å². The minimum absolute atomic E-state index is 0.939. The molecule has 86 valence electrons. The number of ether oxygens (including phenoxy) is 1. The zero-order chi connectivity index (χ0) is 11.8. The van der Waals surface area contributed by atoms with Crippen LogP contribution in [0.25, 0.3) is 17.0 Å². The normalized spacial score (nSPS) is 13.8. The lowest BCUT2D eigenvalue weighted by Crippen LogP contribution is -1.93. The second-order valence-corrected chi connectivity index (χ2v) is 4.38. The van der Waals surface area contributed by atoms with Crippen molar-refractivity contribution in [3.63, 3.8) is 0 Å². The topological polar surface area (TPSA) is 25.0 Å². The number of allylic oxidation sites excluding steroid dienone is 3. The highest BCUT2D eigenvalue weighted by Crippen LogP contribution is 2.33. The van der Waals surface area contributed by atoms with Gasteiger partial charge in [0, 0.05) is 28.2 Å². The first-order valence-electron chi connectivity index (χ1n) is 5.82. The lowest BCUT2D eigenvalue weighted by molar-refractivity contribution is 0.414. The Kier molecular flexibility index (Phi) is 2.29. The molecule has 1 aromatic carbocycles. The Hall–Kier alpha value is -1.96. The molecular weight excluding hydrogens is 210 g/mol. The van der Waals surface area contributed by atoms with E-state index in [0.717, 1.165) is 17.7 Å². The van der Waals surface area contributed by atoms with Gasteiger partial charge in [-0.2, -0.15) is 0 Å². The Bertz CT molecular complexity index is 632. The predicted octanol–water partition coefficient (Wildman–Crippen LogP) is 3.61. The van der Waals surface area contributed by atoms with E-state index in [2.05, 4.69) is 48.3 Å². The maximum absolute atomic E-state index is 5.49. The fourth-order valence-electron chi connectivity index (χ4n) is 2.46. The summed E-state index contributed by atoms with van der Waals surface area (Å²) in [5, 5.41) is 1.30. The van der Waals surface area contributed by atoms with Crippen molar-refractivity contribution in [2.24, 2.45) is 0 Å². The van der Waals surface area contributed by atoms with E-state index in [-0.39, 0.29) is 0 Å². The largest absolute Gasteiger partial charge is 0.496 e. The summed E-state index contributed by atoms with van der Waals surface area (Å²) in [7, 11) is 1.73. The number of aromatic nitrogens is 1. The highest BCUT2D eigenvalue weighted by molar-refractivity contribution is 5.90. The highest BCUT2D eigenvalue weighted by Gasteiger charge is 2.13. The lowest BCUT2D eigenvalue weighted by Gasteiger charge is -2.10. The fraction of sp³-hybridized carbons (Fsp3) is 0.200. The minimum atomic E-state index is 0.939. The Labute approximate surface area is 101 Å². The average Bonchev–Trinajstić information content (AvgIpc) is 2.55. The number of benzene rings is 1. The molecule has 1 aliphatic rings. The van der Waals surface area contributed by atoms with Gasteiger partial charge < -0.3 is 9.72 Å². The molecule has 0 spiro atoms. The van der Waals surface area contributed by atoms with Crippen molar-refractivity contribution < 1.29 is 4.74 Å². The van der Waals surface area contributed by atoms with Crippen LogP contribution in [0.5, 0.6) is 5.75 Å². The van der Waals surface area contributed by atoms with E-state index in [9.17, 15) is 0 Å². The Balaban J connectivity index is 2.39. The van der Waals surface area contributed by atoms with Crippen LogP contribution in [-0.2, 0) is 6.42 Å². The molecule has 0 fully saturated rings. The molecule has 2 aromatic rings. The molecule has 0 aliphatic heterocycles. The van der Waals surface area contributed by atoms with Gasteiger partial charge >= 0.3 is 0 Å². The van der Waals surface area contributed by atoms with Gasteiger partial charge in [0.15, 0.2) is 0 Å². The van der Waals surface area contributed by atoms with E-state index in [1.807, 2.05) is 0 Å². The summed E-state index contributed by atoms with van der Waals surface area (Å²) < 4.78 is 5.49. The maximum atomic E-state index is 5.49. The van der Waals surface area contributed by atoms with E-state index in [4.69, 9.17) is 4.74 Å². The first-order valence-corrected chi connectivity index (χ1v) is 5.82. The van der Waals surface area contributed by atoms with E-state index < -0.39 is 0 Å². The molecule has 0 radical (unpaired) electrons. The van der Waals surface area contributed by atoms with Crippen LogP contribution >= 0.6 is 0 Å². The van der Waals surface area contributed by atoms with E-state index in [0.29, 0.717) is 0 Å². The van der Waals surface area contributed by atoms with Gasteiger partial charge in [-0.05, 0) is 25.0 Å². The lowest BCUT2D eigenvalue weighted by atomic mass is 9.99. The number of H-pyrrole nitrogens is 1. The van der Waals surface area contributed by atoms with Crippen molar-refractivity contribution in [1.29, 1.82) is 0 Å². The number of methoxy groups -OCH3 is 1. The summed E-state index contributed by atoms with van der Waals surface area (Å²) >= 11 is 0. The van der Waals surface area contributed by atoms with Crippen LogP contribution in [0.4, 0.5) is 0 Å².